The molecule has 6 heteroatoms. The van der Waals surface area contributed by atoms with E-state index in [1.807, 2.05) is 7.05 Å². The maximum absolute atomic E-state index is 4.15. The number of hydrogen-bond donors (Lipinski definition) is 0. The SMILES string of the molecule is Cn1ncnc1SCc1cc(Br)cs1. The van der Waals surface area contributed by atoms with E-state index in [0.29, 0.717) is 0 Å². The van der Waals surface area contributed by atoms with E-state index in [9.17, 15) is 0 Å². The smallest absolute Gasteiger partial charge is 0.186 e. The number of aromatic nitrogens is 3. The molecule has 0 aromatic carbocycles. The lowest BCUT2D eigenvalue weighted by Crippen LogP contribution is -1.92. The molecule has 2 heterocycles. The van der Waals surface area contributed by atoms with Gasteiger partial charge in [0.1, 0.15) is 6.33 Å². The van der Waals surface area contributed by atoms with Gasteiger partial charge in [0.25, 0.3) is 0 Å². The molecular weight excluding hydrogens is 282 g/mol. The van der Waals surface area contributed by atoms with Crippen molar-refractivity contribution in [2.24, 2.45) is 7.05 Å². The Labute approximate surface area is 98.7 Å². The molecule has 2 aromatic heterocycles. The van der Waals surface area contributed by atoms with Crippen LogP contribution < -0.4 is 0 Å². The second-order valence-corrected chi connectivity index (χ2v) is 5.54. The Morgan fingerprint density at radius 2 is 2.50 bits per heavy atom. The summed E-state index contributed by atoms with van der Waals surface area (Å²) in [6.45, 7) is 0. The second kappa shape index (κ2) is 4.46. The quantitative estimate of drug-likeness (QED) is 0.814. The van der Waals surface area contributed by atoms with Crippen LogP contribution in [0, 0.1) is 0 Å². The number of rotatable bonds is 3. The molecular formula is C8H8BrN3S2. The molecule has 2 rings (SSSR count). The Bertz CT molecular complexity index is 424. The van der Waals surface area contributed by atoms with Crippen LogP contribution in [0.1, 0.15) is 4.88 Å². The van der Waals surface area contributed by atoms with E-state index in [0.717, 1.165) is 15.4 Å². The zero-order chi connectivity index (χ0) is 9.97. The molecule has 3 nitrogen and oxygen atoms in total. The Kier molecular flexibility index (Phi) is 3.25. The number of nitrogens with zero attached hydrogens (tertiary/aromatic N) is 3. The predicted molar refractivity (Wildman–Crippen MR) is 62.6 cm³/mol. The van der Waals surface area contributed by atoms with Gasteiger partial charge in [0.05, 0.1) is 0 Å². The monoisotopic (exact) mass is 289 g/mol. The third-order valence-corrected chi connectivity index (χ3v) is 4.60. The summed E-state index contributed by atoms with van der Waals surface area (Å²) < 4.78 is 2.93. The molecule has 0 atom stereocenters. The number of hydrogen-bond acceptors (Lipinski definition) is 4. The van der Waals surface area contributed by atoms with Crippen LogP contribution in [0.4, 0.5) is 0 Å². The Balaban J connectivity index is 1.98. The van der Waals surface area contributed by atoms with Crippen molar-refractivity contribution >= 4 is 39.0 Å². The van der Waals surface area contributed by atoms with Gasteiger partial charge in [-0.25, -0.2) is 9.67 Å². The number of thioether (sulfide) groups is 1. The second-order valence-electron chi connectivity index (χ2n) is 2.69. The van der Waals surface area contributed by atoms with Crippen molar-refractivity contribution in [1.29, 1.82) is 0 Å². The molecule has 0 N–H and O–H groups in total. The molecule has 0 aliphatic carbocycles. The molecule has 0 fully saturated rings. The highest BCUT2D eigenvalue weighted by Crippen LogP contribution is 2.26. The van der Waals surface area contributed by atoms with E-state index < -0.39 is 0 Å². The molecule has 0 aliphatic heterocycles. The third-order valence-electron chi connectivity index (χ3n) is 1.64. The van der Waals surface area contributed by atoms with Crippen molar-refractivity contribution in [2.75, 3.05) is 0 Å². The summed E-state index contributed by atoms with van der Waals surface area (Å²) in [4.78, 5) is 5.48. The standard InChI is InChI=1S/C8H8BrN3S2/c1-12-8(10-5-11-12)14-4-7-2-6(9)3-13-7/h2-3,5H,4H2,1H3. The van der Waals surface area contributed by atoms with Gasteiger partial charge in [-0.2, -0.15) is 5.10 Å². The summed E-state index contributed by atoms with van der Waals surface area (Å²) in [5, 5.41) is 7.06. The zero-order valence-electron chi connectivity index (χ0n) is 7.48. The van der Waals surface area contributed by atoms with E-state index in [2.05, 4.69) is 37.5 Å². The van der Waals surface area contributed by atoms with Crippen LogP contribution in [0.25, 0.3) is 0 Å². The molecule has 0 aliphatic rings. The molecule has 74 valence electrons. The van der Waals surface area contributed by atoms with Gasteiger partial charge in [0, 0.05) is 27.5 Å². The third kappa shape index (κ3) is 2.37. The lowest BCUT2D eigenvalue weighted by Gasteiger charge is -1.97. The molecule has 0 radical (unpaired) electrons. The highest BCUT2D eigenvalue weighted by Gasteiger charge is 2.03. The Hall–Kier alpha value is -0.330. The molecule has 0 saturated carbocycles. The lowest BCUT2D eigenvalue weighted by molar-refractivity contribution is 0.685. The van der Waals surface area contributed by atoms with Gasteiger partial charge < -0.3 is 0 Å². The molecule has 0 saturated heterocycles. The number of aryl methyl sites for hydroxylation is 1. The van der Waals surface area contributed by atoms with E-state index in [1.54, 1.807) is 34.1 Å². The molecule has 0 spiro atoms. The van der Waals surface area contributed by atoms with Gasteiger partial charge in [-0.15, -0.1) is 11.3 Å². The first kappa shape index (κ1) is 10.2. The van der Waals surface area contributed by atoms with Crippen LogP contribution >= 0.6 is 39.0 Å². The van der Waals surface area contributed by atoms with Crippen LogP contribution in [0.15, 0.2) is 27.4 Å². The van der Waals surface area contributed by atoms with E-state index in [4.69, 9.17) is 0 Å². The number of halogens is 1. The molecule has 0 unspecified atom stereocenters. The molecule has 2 aromatic rings. The predicted octanol–water partition coefficient (Wildman–Crippen LogP) is 2.93. The maximum Gasteiger partial charge on any atom is 0.186 e. The topological polar surface area (TPSA) is 30.7 Å². The summed E-state index contributed by atoms with van der Waals surface area (Å²) >= 11 is 6.88. The summed E-state index contributed by atoms with van der Waals surface area (Å²) in [5.74, 6) is 0.947. The molecule has 14 heavy (non-hydrogen) atoms. The Morgan fingerprint density at radius 1 is 1.64 bits per heavy atom. The fourth-order valence-electron chi connectivity index (χ4n) is 0.981. The minimum absolute atomic E-state index is 0.947. The van der Waals surface area contributed by atoms with Gasteiger partial charge >= 0.3 is 0 Å². The van der Waals surface area contributed by atoms with Crippen molar-refractivity contribution in [3.63, 3.8) is 0 Å². The van der Waals surface area contributed by atoms with Crippen LogP contribution in [0.2, 0.25) is 0 Å². The van der Waals surface area contributed by atoms with E-state index in [1.165, 1.54) is 4.88 Å². The number of thiophene rings is 1. The van der Waals surface area contributed by atoms with Crippen molar-refractivity contribution < 1.29 is 0 Å². The fourth-order valence-corrected chi connectivity index (χ4v) is 3.38. The van der Waals surface area contributed by atoms with Crippen molar-refractivity contribution in [3.8, 4) is 0 Å². The molecule has 0 amide bonds. The minimum atomic E-state index is 0.947. The summed E-state index contributed by atoms with van der Waals surface area (Å²) in [6.07, 6.45) is 1.58. The van der Waals surface area contributed by atoms with E-state index >= 15 is 0 Å². The van der Waals surface area contributed by atoms with Gasteiger partial charge in [-0.1, -0.05) is 11.8 Å². The van der Waals surface area contributed by atoms with Crippen LogP contribution in [-0.2, 0) is 12.8 Å². The summed E-state index contributed by atoms with van der Waals surface area (Å²) in [6, 6.07) is 2.13. The Morgan fingerprint density at radius 3 is 3.07 bits per heavy atom. The van der Waals surface area contributed by atoms with Crippen LogP contribution in [-0.4, -0.2) is 14.8 Å². The fraction of sp³-hybridized carbons (Fsp3) is 0.250. The van der Waals surface area contributed by atoms with Gasteiger partial charge in [-0.05, 0) is 22.0 Å². The molecule has 0 bridgehead atoms. The van der Waals surface area contributed by atoms with Gasteiger partial charge in [-0.3, -0.25) is 0 Å². The summed E-state index contributed by atoms with van der Waals surface area (Å²) in [7, 11) is 1.90. The van der Waals surface area contributed by atoms with Crippen LogP contribution in [0.3, 0.4) is 0 Å². The highest BCUT2D eigenvalue weighted by molar-refractivity contribution is 9.10. The highest BCUT2D eigenvalue weighted by atomic mass is 79.9. The first-order valence-corrected chi connectivity index (χ1v) is 6.61. The van der Waals surface area contributed by atoms with Crippen molar-refractivity contribution in [1.82, 2.24) is 14.8 Å². The van der Waals surface area contributed by atoms with Crippen molar-refractivity contribution in [3.05, 3.63) is 27.1 Å². The average molecular weight is 290 g/mol. The zero-order valence-corrected chi connectivity index (χ0v) is 10.7. The van der Waals surface area contributed by atoms with Gasteiger partial charge in [0.2, 0.25) is 0 Å². The maximum atomic E-state index is 4.15. The van der Waals surface area contributed by atoms with Crippen LogP contribution in [0.5, 0.6) is 0 Å². The largest absolute Gasteiger partial charge is 0.244 e. The minimum Gasteiger partial charge on any atom is -0.244 e. The summed E-state index contributed by atoms with van der Waals surface area (Å²) in [5.41, 5.74) is 0. The normalized spacial score (nSPS) is 10.7. The first-order chi connectivity index (χ1) is 6.75. The van der Waals surface area contributed by atoms with E-state index in [-0.39, 0.29) is 0 Å². The lowest BCUT2D eigenvalue weighted by atomic mass is 10.5. The average Bonchev–Trinajstić information content (AvgIpc) is 2.72. The first-order valence-electron chi connectivity index (χ1n) is 3.95. The van der Waals surface area contributed by atoms with Crippen molar-refractivity contribution in [2.45, 2.75) is 10.9 Å². The van der Waals surface area contributed by atoms with Gasteiger partial charge in [0.15, 0.2) is 5.16 Å².